The molecule has 0 bridgehead atoms. The minimum atomic E-state index is -1.79. The first-order valence-corrected chi connectivity index (χ1v) is 22.7. The summed E-state index contributed by atoms with van der Waals surface area (Å²) in [6.07, 6.45) is 13.0. The fourth-order valence-corrected chi connectivity index (χ4v) is 15.9. The molecule has 5 rings (SSSR count). The molecule has 7 heteroatoms. The molecule has 1 nitrogen and oxygen atoms in total. The summed E-state index contributed by atoms with van der Waals surface area (Å²) in [6, 6.07) is 0. The van der Waals surface area contributed by atoms with E-state index in [0.29, 0.717) is 6.10 Å². The molecule has 3 saturated carbocycles. The molecule has 0 radical (unpaired) electrons. The van der Waals surface area contributed by atoms with E-state index in [4.69, 9.17) is 21.5 Å². The molecule has 3 fully saturated rings. The fourth-order valence-electron chi connectivity index (χ4n) is 7.29. The van der Waals surface area contributed by atoms with Gasteiger partial charge in [0.1, 0.15) is 0 Å². The summed E-state index contributed by atoms with van der Waals surface area (Å²) in [7, 11) is 8.08. The predicted octanol–water partition coefficient (Wildman–Crippen LogP) is 9.35. The van der Waals surface area contributed by atoms with Crippen molar-refractivity contribution in [1.29, 1.82) is 0 Å². The third-order valence-corrected chi connectivity index (χ3v) is 14.7. The van der Waals surface area contributed by atoms with Crippen LogP contribution in [0.15, 0.2) is 22.0 Å². The molecule has 0 saturated heterocycles. The molecular formula is C25H42Cl2OS2SiZr. The van der Waals surface area contributed by atoms with Crippen molar-refractivity contribution in [2.24, 2.45) is 29.6 Å². The van der Waals surface area contributed by atoms with Crippen molar-refractivity contribution in [3.8, 4) is 0 Å². The van der Waals surface area contributed by atoms with Gasteiger partial charge in [-0.2, -0.15) is 0 Å². The van der Waals surface area contributed by atoms with Gasteiger partial charge in [0.05, 0.1) is 6.10 Å². The Hall–Kier alpha value is 1.82. The molecule has 0 amide bonds. The third kappa shape index (κ3) is 5.86. The van der Waals surface area contributed by atoms with Crippen molar-refractivity contribution in [2.75, 3.05) is 0 Å². The van der Waals surface area contributed by atoms with E-state index in [1.54, 1.807) is 9.81 Å². The molecule has 0 spiro atoms. The standard InChI is InChI=1S/C23H36OS2Si.2CH3.2ClH.Zr/c1-13-10-16-8-6-7-9-17(16)20(13)24-27(4,5)23-21-18(11-14(2)25-21)19-12-15(3)26-22(19)23;;;;;/h11-13,16-23H,6-10H2,1-5H3;2*1H3;2*1H;/q;2*-1;;;+4/p-2. The number of fused-ring (bicyclic) bond motifs is 4. The topological polar surface area (TPSA) is 9.23 Å². The summed E-state index contributed by atoms with van der Waals surface area (Å²) < 4.78 is 7.32. The van der Waals surface area contributed by atoms with Crippen LogP contribution in [0.4, 0.5) is 0 Å². The van der Waals surface area contributed by atoms with Gasteiger partial charge in [-0.3, -0.25) is 0 Å². The first-order chi connectivity index (χ1) is 14.3. The van der Waals surface area contributed by atoms with Crippen LogP contribution in [0.3, 0.4) is 0 Å². The maximum absolute atomic E-state index is 7.32. The summed E-state index contributed by atoms with van der Waals surface area (Å²) in [5.41, 5.74) is 0.778. The van der Waals surface area contributed by atoms with Crippen molar-refractivity contribution < 1.29 is 25.3 Å². The van der Waals surface area contributed by atoms with Crippen molar-refractivity contribution in [1.82, 2.24) is 0 Å². The van der Waals surface area contributed by atoms with Gasteiger partial charge in [0.15, 0.2) is 8.32 Å². The number of allylic oxidation sites excluding steroid dienone is 4. The summed E-state index contributed by atoms with van der Waals surface area (Å²) in [6.45, 7) is 12.3. The Bertz CT molecular complexity index is 671. The molecule has 8 atom stereocenters. The van der Waals surface area contributed by atoms with E-state index in [-0.39, 0.29) is 14.9 Å². The van der Waals surface area contributed by atoms with E-state index in [0.717, 1.165) is 45.6 Å². The van der Waals surface area contributed by atoms with Gasteiger partial charge in [-0.25, -0.2) is 0 Å². The molecule has 0 aromatic carbocycles. The van der Waals surface area contributed by atoms with Gasteiger partial charge in [-0.15, -0.1) is 23.5 Å². The second-order valence-electron chi connectivity index (χ2n) is 10.6. The molecule has 3 aliphatic carbocycles. The van der Waals surface area contributed by atoms with Crippen LogP contribution in [0, 0.1) is 44.4 Å². The Morgan fingerprint density at radius 1 is 0.969 bits per heavy atom. The van der Waals surface area contributed by atoms with Crippen molar-refractivity contribution in [2.45, 2.75) is 88.1 Å². The molecule has 2 heterocycles. The van der Waals surface area contributed by atoms with E-state index in [1.807, 2.05) is 0 Å². The Labute approximate surface area is 226 Å². The van der Waals surface area contributed by atoms with Crippen LogP contribution >= 0.6 is 40.5 Å². The Morgan fingerprint density at radius 2 is 1.47 bits per heavy atom. The van der Waals surface area contributed by atoms with Crippen LogP contribution in [0.5, 0.6) is 0 Å². The first-order valence-electron chi connectivity index (χ1n) is 11.6. The molecule has 2 aliphatic heterocycles. The zero-order valence-electron chi connectivity index (χ0n) is 20.9. The van der Waals surface area contributed by atoms with Crippen LogP contribution in [0.1, 0.15) is 52.9 Å². The number of rotatable bonds is 3. The summed E-state index contributed by atoms with van der Waals surface area (Å²) in [4.78, 5) is 3.12. The van der Waals surface area contributed by atoms with Gasteiger partial charge in [0.25, 0.3) is 0 Å². The van der Waals surface area contributed by atoms with Crippen molar-refractivity contribution in [3.05, 3.63) is 36.8 Å². The molecule has 8 unspecified atom stereocenters. The van der Waals surface area contributed by atoms with Gasteiger partial charge in [-0.1, -0.05) is 38.3 Å². The summed E-state index contributed by atoms with van der Waals surface area (Å²) in [5.74, 6) is 4.11. The predicted molar refractivity (Wildman–Crippen MR) is 147 cm³/mol. The number of hydrogen-bond donors (Lipinski definition) is 0. The SMILES string of the molecule is CC1=CC2C3C=C(C)SC3C([Si](C)(C)OC3C(C)CC4CCCCC43)C2S1.[CH3-].[CH3-].[Cl][Zr+2][Cl]. The minimum absolute atomic E-state index is 0. The number of thioether (sulfide) groups is 2. The second kappa shape index (κ2) is 12.4. The van der Waals surface area contributed by atoms with Gasteiger partial charge in [0, 0.05) is 16.0 Å². The van der Waals surface area contributed by atoms with Gasteiger partial charge in [0.2, 0.25) is 0 Å². The van der Waals surface area contributed by atoms with E-state index in [1.165, 1.54) is 32.1 Å². The average molecular weight is 613 g/mol. The Morgan fingerprint density at radius 3 is 2.00 bits per heavy atom. The van der Waals surface area contributed by atoms with E-state index >= 15 is 0 Å². The van der Waals surface area contributed by atoms with Crippen LogP contribution in [-0.2, 0) is 25.3 Å². The molecule has 0 aromatic rings. The van der Waals surface area contributed by atoms with E-state index in [2.05, 4.69) is 69.5 Å². The zero-order valence-corrected chi connectivity index (χ0v) is 27.5. The molecule has 5 aliphatic rings. The third-order valence-electron chi connectivity index (χ3n) is 8.28. The molecule has 32 heavy (non-hydrogen) atoms. The van der Waals surface area contributed by atoms with Crippen LogP contribution in [0.25, 0.3) is 0 Å². The average Bonchev–Trinajstić information content (AvgIpc) is 3.36. The molecule has 182 valence electrons. The normalized spacial score (nSPS) is 41.5. The summed E-state index contributed by atoms with van der Waals surface area (Å²) >= 11 is 3.54. The van der Waals surface area contributed by atoms with Gasteiger partial charge < -0.3 is 19.3 Å². The van der Waals surface area contributed by atoms with Crippen molar-refractivity contribution in [3.63, 3.8) is 0 Å². The monoisotopic (exact) mass is 610 g/mol. The van der Waals surface area contributed by atoms with E-state index < -0.39 is 29.2 Å². The molecule has 0 N–H and O–H groups in total. The van der Waals surface area contributed by atoms with Crippen LogP contribution < -0.4 is 0 Å². The van der Waals surface area contributed by atoms with Gasteiger partial charge in [-0.05, 0) is 79.2 Å². The molecular weight excluding hydrogens is 571 g/mol. The maximum atomic E-state index is 7.32. The first kappa shape index (κ1) is 30.0. The fraction of sp³-hybridized carbons (Fsp3) is 0.760. The van der Waals surface area contributed by atoms with Gasteiger partial charge >= 0.3 is 37.9 Å². The summed E-state index contributed by atoms with van der Waals surface area (Å²) in [5, 5.41) is 1.55. The number of hydrogen-bond acceptors (Lipinski definition) is 3. The molecule has 0 aromatic heterocycles. The number of halogens is 2. The zero-order chi connectivity index (χ0) is 21.6. The second-order valence-corrected chi connectivity index (χ2v) is 21.3. The van der Waals surface area contributed by atoms with Crippen LogP contribution in [0.2, 0.25) is 18.6 Å². The van der Waals surface area contributed by atoms with E-state index in [9.17, 15) is 0 Å². The Balaban J connectivity index is 0.000000690. The Kier molecular flexibility index (Phi) is 11.6. The van der Waals surface area contributed by atoms with Crippen molar-refractivity contribution >= 4 is 48.9 Å². The van der Waals surface area contributed by atoms with Crippen LogP contribution in [-0.4, -0.2) is 24.9 Å². The quantitative estimate of drug-likeness (QED) is 0.232.